The normalized spacial score (nSPS) is 24.9. The van der Waals surface area contributed by atoms with Crippen molar-refractivity contribution in [2.24, 2.45) is 5.92 Å². The van der Waals surface area contributed by atoms with E-state index in [1.807, 2.05) is 12.1 Å². The molecule has 0 radical (unpaired) electrons. The van der Waals surface area contributed by atoms with Crippen molar-refractivity contribution >= 4 is 11.7 Å². The fourth-order valence-corrected chi connectivity index (χ4v) is 2.24. The Labute approximate surface area is 94.3 Å². The number of hydrogen-bond donors (Lipinski definition) is 0. The highest BCUT2D eigenvalue weighted by molar-refractivity contribution is 5.90. The Balaban J connectivity index is 2.37. The summed E-state index contributed by atoms with van der Waals surface area (Å²) in [6.45, 7) is 1.54. The first-order chi connectivity index (χ1) is 7.61. The van der Waals surface area contributed by atoms with E-state index < -0.39 is 0 Å². The Hall–Kier alpha value is -1.71. The third-order valence-electron chi connectivity index (χ3n) is 3.13. The Kier molecular flexibility index (Phi) is 2.73. The van der Waals surface area contributed by atoms with Crippen LogP contribution < -0.4 is 0 Å². The van der Waals surface area contributed by atoms with E-state index >= 15 is 0 Å². The van der Waals surface area contributed by atoms with E-state index in [0.29, 0.717) is 6.42 Å². The molecule has 2 atom stereocenters. The number of aromatic nitrogens is 1. The molecule has 0 aliphatic carbocycles. The Morgan fingerprint density at radius 2 is 2.31 bits per heavy atom. The van der Waals surface area contributed by atoms with E-state index in [-0.39, 0.29) is 23.7 Å². The highest BCUT2D eigenvalue weighted by atomic mass is 16.2. The van der Waals surface area contributed by atoms with Gasteiger partial charge in [-0.2, -0.15) is 0 Å². The number of amides is 1. The van der Waals surface area contributed by atoms with E-state index in [2.05, 4.69) is 4.98 Å². The van der Waals surface area contributed by atoms with E-state index in [1.165, 1.54) is 0 Å². The van der Waals surface area contributed by atoms with Crippen LogP contribution in [-0.2, 0) is 9.59 Å². The van der Waals surface area contributed by atoms with Crippen LogP contribution in [0.15, 0.2) is 24.5 Å². The van der Waals surface area contributed by atoms with Crippen LogP contribution in [0.4, 0.5) is 0 Å². The molecule has 0 aromatic carbocycles. The van der Waals surface area contributed by atoms with Gasteiger partial charge in [-0.1, -0.05) is 6.07 Å². The molecule has 1 aromatic rings. The van der Waals surface area contributed by atoms with Crippen LogP contribution in [0.5, 0.6) is 0 Å². The zero-order chi connectivity index (χ0) is 11.7. The average molecular weight is 218 g/mol. The predicted molar refractivity (Wildman–Crippen MR) is 58.5 cm³/mol. The highest BCUT2D eigenvalue weighted by Gasteiger charge is 2.40. The van der Waals surface area contributed by atoms with Gasteiger partial charge in [0.1, 0.15) is 5.78 Å². The second-order valence-corrected chi connectivity index (χ2v) is 4.16. The molecule has 2 rings (SSSR count). The maximum Gasteiger partial charge on any atom is 0.223 e. The van der Waals surface area contributed by atoms with Crippen LogP contribution in [0.25, 0.3) is 0 Å². The number of hydrogen-bond acceptors (Lipinski definition) is 3. The maximum absolute atomic E-state index is 11.6. The van der Waals surface area contributed by atoms with Crippen molar-refractivity contribution < 1.29 is 9.59 Å². The summed E-state index contributed by atoms with van der Waals surface area (Å²) in [4.78, 5) is 28.8. The standard InChI is InChI=1S/C12H14N2O2/c1-8(15)10-6-11(16)14(2)12(10)9-4-3-5-13-7-9/h3-5,7,10,12H,6H2,1-2H3/t10-,12+/m0/s1. The number of Topliss-reactive ketones (excluding diaryl/α,β-unsaturated/α-hetero) is 1. The second kappa shape index (κ2) is 4.04. The van der Waals surface area contributed by atoms with Gasteiger partial charge in [0, 0.05) is 25.9 Å². The van der Waals surface area contributed by atoms with Crippen molar-refractivity contribution in [1.29, 1.82) is 0 Å². The van der Waals surface area contributed by atoms with Gasteiger partial charge in [0.25, 0.3) is 0 Å². The molecule has 0 unspecified atom stereocenters. The molecular weight excluding hydrogens is 204 g/mol. The van der Waals surface area contributed by atoms with Crippen LogP contribution >= 0.6 is 0 Å². The van der Waals surface area contributed by atoms with Crippen LogP contribution in [0.3, 0.4) is 0 Å². The largest absolute Gasteiger partial charge is 0.338 e. The molecule has 2 heterocycles. The third-order valence-corrected chi connectivity index (χ3v) is 3.13. The van der Waals surface area contributed by atoms with Crippen LogP contribution in [-0.4, -0.2) is 28.6 Å². The number of likely N-dealkylation sites (tertiary alicyclic amines) is 1. The van der Waals surface area contributed by atoms with E-state index in [0.717, 1.165) is 5.56 Å². The van der Waals surface area contributed by atoms with Gasteiger partial charge in [0.2, 0.25) is 5.91 Å². The average Bonchev–Trinajstić information content (AvgIpc) is 2.57. The van der Waals surface area contributed by atoms with E-state index in [9.17, 15) is 9.59 Å². The van der Waals surface area contributed by atoms with Gasteiger partial charge < -0.3 is 4.90 Å². The molecular formula is C12H14N2O2. The molecule has 1 fully saturated rings. The minimum Gasteiger partial charge on any atom is -0.338 e. The first kappa shape index (κ1) is 10.8. The summed E-state index contributed by atoms with van der Waals surface area (Å²) in [5.41, 5.74) is 0.927. The number of ketones is 1. The molecule has 1 aliphatic heterocycles. The lowest BCUT2D eigenvalue weighted by molar-refractivity contribution is -0.128. The van der Waals surface area contributed by atoms with Crippen molar-refractivity contribution in [3.63, 3.8) is 0 Å². The minimum atomic E-state index is -0.235. The zero-order valence-corrected chi connectivity index (χ0v) is 9.38. The third kappa shape index (κ3) is 1.71. The smallest absolute Gasteiger partial charge is 0.223 e. The monoisotopic (exact) mass is 218 g/mol. The molecule has 1 saturated heterocycles. The Bertz CT molecular complexity index is 416. The van der Waals surface area contributed by atoms with Crippen molar-refractivity contribution in [2.75, 3.05) is 7.05 Å². The van der Waals surface area contributed by atoms with Crippen molar-refractivity contribution in [1.82, 2.24) is 9.88 Å². The fraction of sp³-hybridized carbons (Fsp3) is 0.417. The number of carbonyl (C=O) groups is 2. The topological polar surface area (TPSA) is 50.3 Å². The molecule has 0 spiro atoms. The Morgan fingerprint density at radius 1 is 1.56 bits per heavy atom. The Morgan fingerprint density at radius 3 is 2.88 bits per heavy atom. The van der Waals surface area contributed by atoms with Crippen molar-refractivity contribution in [3.8, 4) is 0 Å². The van der Waals surface area contributed by atoms with Gasteiger partial charge in [-0.05, 0) is 18.6 Å². The quantitative estimate of drug-likeness (QED) is 0.749. The number of pyridine rings is 1. The molecule has 16 heavy (non-hydrogen) atoms. The summed E-state index contributed by atoms with van der Waals surface area (Å²) in [6.07, 6.45) is 3.71. The fourth-order valence-electron chi connectivity index (χ4n) is 2.24. The van der Waals surface area contributed by atoms with Gasteiger partial charge in [-0.3, -0.25) is 14.6 Å². The lowest BCUT2D eigenvalue weighted by Gasteiger charge is -2.23. The van der Waals surface area contributed by atoms with Crippen LogP contribution in [0.2, 0.25) is 0 Å². The zero-order valence-electron chi connectivity index (χ0n) is 9.38. The molecule has 1 amide bonds. The highest BCUT2D eigenvalue weighted by Crippen LogP contribution is 2.36. The molecule has 1 aliphatic rings. The molecule has 4 nitrogen and oxygen atoms in total. The van der Waals surface area contributed by atoms with Gasteiger partial charge in [-0.15, -0.1) is 0 Å². The summed E-state index contributed by atoms with van der Waals surface area (Å²) in [5, 5.41) is 0. The molecule has 0 N–H and O–H groups in total. The van der Waals surface area contributed by atoms with Crippen molar-refractivity contribution in [3.05, 3.63) is 30.1 Å². The summed E-state index contributed by atoms with van der Waals surface area (Å²) < 4.78 is 0. The number of carbonyl (C=O) groups excluding carboxylic acids is 2. The summed E-state index contributed by atoms with van der Waals surface area (Å²) in [7, 11) is 1.74. The number of rotatable bonds is 2. The summed E-state index contributed by atoms with van der Waals surface area (Å²) in [6, 6.07) is 3.57. The molecule has 0 bridgehead atoms. The molecule has 84 valence electrons. The van der Waals surface area contributed by atoms with Gasteiger partial charge in [-0.25, -0.2) is 0 Å². The lowest BCUT2D eigenvalue weighted by Crippen LogP contribution is -2.26. The number of nitrogens with zero attached hydrogens (tertiary/aromatic N) is 2. The van der Waals surface area contributed by atoms with Gasteiger partial charge >= 0.3 is 0 Å². The van der Waals surface area contributed by atoms with Gasteiger partial charge in [0.05, 0.1) is 12.0 Å². The van der Waals surface area contributed by atoms with E-state index in [1.54, 1.807) is 31.3 Å². The minimum absolute atomic E-state index is 0.0223. The van der Waals surface area contributed by atoms with Crippen molar-refractivity contribution in [2.45, 2.75) is 19.4 Å². The van der Waals surface area contributed by atoms with E-state index in [4.69, 9.17) is 0 Å². The van der Waals surface area contributed by atoms with Gasteiger partial charge in [0.15, 0.2) is 0 Å². The maximum atomic E-state index is 11.6. The molecule has 0 saturated carbocycles. The lowest BCUT2D eigenvalue weighted by atomic mass is 9.92. The predicted octanol–water partition coefficient (Wildman–Crippen LogP) is 1.19. The van der Waals surface area contributed by atoms with Crippen LogP contribution in [0, 0.1) is 5.92 Å². The second-order valence-electron chi connectivity index (χ2n) is 4.16. The first-order valence-electron chi connectivity index (χ1n) is 5.27. The first-order valence-corrected chi connectivity index (χ1v) is 5.27. The molecule has 4 heteroatoms. The summed E-state index contributed by atoms with van der Waals surface area (Å²) in [5.74, 6) is -0.151. The molecule has 1 aromatic heterocycles. The van der Waals surface area contributed by atoms with Crippen LogP contribution in [0.1, 0.15) is 24.9 Å². The SMILES string of the molecule is CC(=O)[C@@H]1CC(=O)N(C)[C@@H]1c1cccnc1. The summed E-state index contributed by atoms with van der Waals surface area (Å²) >= 11 is 0.